The largest absolute Gasteiger partial charge is 0.494 e. The standard InChI is InChI=1S/C26H24N2O4/c1-2-31-20-13-11-19(12-14-20)23-24(27-15-5-8-18-7-3-4-10-22(18)27)26(30)28(25(23)29)17-21-9-6-16-32-21/h3-4,6-7,9-14,16H,2,5,8,15,17H2,1H3. The molecule has 0 unspecified atom stereocenters. The Morgan fingerprint density at radius 1 is 0.969 bits per heavy atom. The molecule has 0 saturated carbocycles. The molecule has 3 heterocycles. The predicted octanol–water partition coefficient (Wildman–Crippen LogP) is 4.41. The highest BCUT2D eigenvalue weighted by Gasteiger charge is 2.43. The molecular weight excluding hydrogens is 404 g/mol. The Morgan fingerprint density at radius 3 is 2.53 bits per heavy atom. The van der Waals surface area contributed by atoms with Crippen molar-refractivity contribution in [1.82, 2.24) is 4.90 Å². The van der Waals surface area contributed by atoms with Gasteiger partial charge in [-0.05, 0) is 61.2 Å². The molecule has 2 aliphatic rings. The van der Waals surface area contributed by atoms with Crippen LogP contribution in [0.15, 0.2) is 77.0 Å². The SMILES string of the molecule is CCOc1ccc(C2=C(N3CCCc4ccccc43)C(=O)N(Cc3ccco3)C2=O)cc1. The number of ether oxygens (including phenoxy) is 1. The van der Waals surface area contributed by atoms with Crippen molar-refractivity contribution >= 4 is 23.1 Å². The normalized spacial score (nSPS) is 16.0. The Hall–Kier alpha value is -3.80. The van der Waals surface area contributed by atoms with Gasteiger partial charge in [-0.1, -0.05) is 30.3 Å². The summed E-state index contributed by atoms with van der Waals surface area (Å²) in [5.74, 6) is 0.685. The fraction of sp³-hybridized carbons (Fsp3) is 0.231. The molecule has 162 valence electrons. The molecule has 3 aromatic rings. The number of carbonyl (C=O) groups excluding carboxylic acids is 2. The van der Waals surface area contributed by atoms with Gasteiger partial charge in [0, 0.05) is 12.2 Å². The Labute approximate surface area is 186 Å². The quantitative estimate of drug-likeness (QED) is 0.544. The molecule has 0 spiro atoms. The van der Waals surface area contributed by atoms with E-state index in [-0.39, 0.29) is 18.4 Å². The Morgan fingerprint density at radius 2 is 1.78 bits per heavy atom. The Bertz CT molecular complexity index is 1180. The lowest BCUT2D eigenvalue weighted by Gasteiger charge is -2.32. The fourth-order valence-corrected chi connectivity index (χ4v) is 4.43. The average molecular weight is 428 g/mol. The van der Waals surface area contributed by atoms with Gasteiger partial charge in [0.2, 0.25) is 0 Å². The zero-order valence-corrected chi connectivity index (χ0v) is 17.9. The second-order valence-electron chi connectivity index (χ2n) is 7.84. The third-order valence-electron chi connectivity index (χ3n) is 5.87. The number of carbonyl (C=O) groups is 2. The molecule has 32 heavy (non-hydrogen) atoms. The highest BCUT2D eigenvalue weighted by atomic mass is 16.5. The highest BCUT2D eigenvalue weighted by molar-refractivity contribution is 6.36. The minimum absolute atomic E-state index is 0.101. The fourth-order valence-electron chi connectivity index (χ4n) is 4.43. The van der Waals surface area contributed by atoms with E-state index in [1.807, 2.05) is 54.3 Å². The van der Waals surface area contributed by atoms with E-state index in [9.17, 15) is 9.59 Å². The number of benzene rings is 2. The van der Waals surface area contributed by atoms with Crippen molar-refractivity contribution in [3.05, 3.63) is 89.5 Å². The van der Waals surface area contributed by atoms with E-state index in [0.717, 1.165) is 24.3 Å². The monoisotopic (exact) mass is 428 g/mol. The molecule has 2 amide bonds. The third kappa shape index (κ3) is 3.47. The van der Waals surface area contributed by atoms with Crippen molar-refractivity contribution < 1.29 is 18.7 Å². The minimum atomic E-state index is -0.311. The minimum Gasteiger partial charge on any atom is -0.494 e. The van der Waals surface area contributed by atoms with Crippen LogP contribution in [0.3, 0.4) is 0 Å². The van der Waals surface area contributed by atoms with Crippen LogP contribution in [0.4, 0.5) is 5.69 Å². The third-order valence-corrected chi connectivity index (χ3v) is 5.87. The summed E-state index contributed by atoms with van der Waals surface area (Å²) in [6, 6.07) is 19.0. The molecular formula is C26H24N2O4. The maximum atomic E-state index is 13.6. The lowest BCUT2D eigenvalue weighted by molar-refractivity contribution is -0.137. The van der Waals surface area contributed by atoms with Gasteiger partial charge >= 0.3 is 0 Å². The summed E-state index contributed by atoms with van der Waals surface area (Å²) in [6.45, 7) is 3.27. The number of hydrogen-bond acceptors (Lipinski definition) is 5. The van der Waals surface area contributed by atoms with E-state index in [1.165, 1.54) is 10.5 Å². The number of para-hydroxylation sites is 1. The lowest BCUT2D eigenvalue weighted by Crippen LogP contribution is -2.36. The van der Waals surface area contributed by atoms with Crippen molar-refractivity contribution in [2.45, 2.75) is 26.3 Å². The van der Waals surface area contributed by atoms with Crippen molar-refractivity contribution in [3.63, 3.8) is 0 Å². The summed E-state index contributed by atoms with van der Waals surface area (Å²) in [4.78, 5) is 30.5. The van der Waals surface area contributed by atoms with Crippen LogP contribution in [-0.2, 0) is 22.6 Å². The Balaban J connectivity index is 1.61. The maximum Gasteiger partial charge on any atom is 0.278 e. The number of imide groups is 1. The van der Waals surface area contributed by atoms with Crippen molar-refractivity contribution in [2.75, 3.05) is 18.1 Å². The number of amides is 2. The first-order chi connectivity index (χ1) is 15.7. The molecule has 0 aliphatic carbocycles. The summed E-state index contributed by atoms with van der Waals surface area (Å²) in [5.41, 5.74) is 3.71. The van der Waals surface area contributed by atoms with Crippen LogP contribution in [0.5, 0.6) is 5.75 Å². The van der Waals surface area contributed by atoms with E-state index in [1.54, 1.807) is 18.4 Å². The van der Waals surface area contributed by atoms with Crippen molar-refractivity contribution in [3.8, 4) is 5.75 Å². The van der Waals surface area contributed by atoms with E-state index in [0.29, 0.717) is 35.7 Å². The summed E-state index contributed by atoms with van der Waals surface area (Å²) < 4.78 is 11.0. The van der Waals surface area contributed by atoms with Crippen molar-refractivity contribution in [2.24, 2.45) is 0 Å². The number of fused-ring (bicyclic) bond motifs is 1. The number of aryl methyl sites for hydroxylation is 1. The lowest BCUT2D eigenvalue weighted by atomic mass is 9.98. The van der Waals surface area contributed by atoms with Gasteiger partial charge in [-0.15, -0.1) is 0 Å². The molecule has 0 saturated heterocycles. The van der Waals surface area contributed by atoms with Gasteiger partial charge < -0.3 is 14.1 Å². The smallest absolute Gasteiger partial charge is 0.278 e. The predicted molar refractivity (Wildman–Crippen MR) is 121 cm³/mol. The topological polar surface area (TPSA) is 63.0 Å². The first kappa shape index (κ1) is 20.1. The van der Waals surface area contributed by atoms with Gasteiger partial charge in [-0.25, -0.2) is 0 Å². The summed E-state index contributed by atoms with van der Waals surface area (Å²) in [7, 11) is 0. The zero-order valence-electron chi connectivity index (χ0n) is 17.9. The van der Waals surface area contributed by atoms with Gasteiger partial charge in [0.15, 0.2) is 0 Å². The van der Waals surface area contributed by atoms with E-state index < -0.39 is 0 Å². The van der Waals surface area contributed by atoms with Crippen LogP contribution in [0.2, 0.25) is 0 Å². The molecule has 5 rings (SSSR count). The second-order valence-corrected chi connectivity index (χ2v) is 7.84. The van der Waals surface area contributed by atoms with Gasteiger partial charge in [-0.3, -0.25) is 14.5 Å². The highest BCUT2D eigenvalue weighted by Crippen LogP contribution is 2.38. The molecule has 6 heteroatoms. The maximum absolute atomic E-state index is 13.6. The van der Waals surface area contributed by atoms with E-state index in [4.69, 9.17) is 9.15 Å². The van der Waals surface area contributed by atoms with Gasteiger partial charge in [0.1, 0.15) is 17.2 Å². The molecule has 0 N–H and O–H groups in total. The van der Waals surface area contributed by atoms with Crippen LogP contribution >= 0.6 is 0 Å². The number of hydrogen-bond donors (Lipinski definition) is 0. The molecule has 6 nitrogen and oxygen atoms in total. The molecule has 0 bridgehead atoms. The van der Waals surface area contributed by atoms with Crippen LogP contribution in [0, 0.1) is 0 Å². The number of anilines is 1. The number of furan rings is 1. The zero-order chi connectivity index (χ0) is 22.1. The first-order valence-electron chi connectivity index (χ1n) is 10.9. The van der Waals surface area contributed by atoms with Gasteiger partial charge in [-0.2, -0.15) is 0 Å². The van der Waals surface area contributed by atoms with Gasteiger partial charge in [0.05, 0.1) is 25.0 Å². The molecule has 0 radical (unpaired) electrons. The Kier molecular flexibility index (Phi) is 5.27. The van der Waals surface area contributed by atoms with Crippen LogP contribution < -0.4 is 9.64 Å². The average Bonchev–Trinajstić information content (AvgIpc) is 3.42. The van der Waals surface area contributed by atoms with Crippen LogP contribution in [0.1, 0.15) is 30.2 Å². The number of rotatable bonds is 6. The summed E-state index contributed by atoms with van der Waals surface area (Å²) >= 11 is 0. The molecule has 2 aromatic carbocycles. The molecule has 2 aliphatic heterocycles. The first-order valence-corrected chi connectivity index (χ1v) is 10.9. The van der Waals surface area contributed by atoms with E-state index in [2.05, 4.69) is 6.07 Å². The molecule has 0 fully saturated rings. The van der Waals surface area contributed by atoms with Crippen LogP contribution in [0.25, 0.3) is 5.57 Å². The summed E-state index contributed by atoms with van der Waals surface area (Å²) in [5, 5.41) is 0. The number of nitrogens with zero attached hydrogens (tertiary/aromatic N) is 2. The van der Waals surface area contributed by atoms with Crippen molar-refractivity contribution in [1.29, 1.82) is 0 Å². The molecule has 0 atom stereocenters. The summed E-state index contributed by atoms with van der Waals surface area (Å²) in [6.07, 6.45) is 3.41. The van der Waals surface area contributed by atoms with Crippen LogP contribution in [-0.4, -0.2) is 29.9 Å². The molecule has 1 aromatic heterocycles. The van der Waals surface area contributed by atoms with E-state index >= 15 is 0 Å². The van der Waals surface area contributed by atoms with Gasteiger partial charge in [0.25, 0.3) is 11.8 Å². The second kappa shape index (κ2) is 8.38.